The Morgan fingerprint density at radius 3 is 1.50 bits per heavy atom. The molecule has 0 radical (unpaired) electrons. The monoisotopic (exact) mass is 108 g/mol. The van der Waals surface area contributed by atoms with Gasteiger partial charge in [-0.1, -0.05) is 20.4 Å². The average molecular weight is 108 g/mol. The average Bonchev–Trinajstić information content (AvgIpc) is 1.91. The number of nitrogens with zero attached hydrogens (tertiary/aromatic N) is 2. The number of hydrogen-bond acceptors (Lipinski definition) is 2. The third-order valence-corrected chi connectivity index (χ3v) is 0.270. The van der Waals surface area contributed by atoms with E-state index in [1.165, 1.54) is 0 Å². The Labute approximate surface area is 49.7 Å². The van der Waals surface area contributed by atoms with E-state index in [-0.39, 0.29) is 5.57 Å². The molecule has 0 aliphatic carbocycles. The van der Waals surface area contributed by atoms with Crippen molar-refractivity contribution in [2.75, 3.05) is 0 Å². The van der Waals surface area contributed by atoms with Crippen LogP contribution in [-0.2, 0) is 0 Å². The van der Waals surface area contributed by atoms with E-state index in [2.05, 4.69) is 6.58 Å². The van der Waals surface area contributed by atoms with Gasteiger partial charge in [0.2, 0.25) is 0 Å². The maximum atomic E-state index is 7.76. The number of rotatable bonds is 0. The summed E-state index contributed by atoms with van der Waals surface area (Å²) in [7, 11) is 0. The second-order valence-corrected chi connectivity index (χ2v) is 0.702. The molecule has 0 bridgehead atoms. The van der Waals surface area contributed by atoms with Gasteiger partial charge in [-0.15, -0.1) is 0 Å². The summed E-state index contributed by atoms with van der Waals surface area (Å²) < 4.78 is 0. The van der Waals surface area contributed by atoms with Crippen LogP contribution in [0.5, 0.6) is 0 Å². The lowest BCUT2D eigenvalue weighted by atomic mass is 10.4. The molecular weight excluding hydrogens is 100 g/mol. The van der Waals surface area contributed by atoms with E-state index in [1.807, 2.05) is 13.8 Å². The van der Waals surface area contributed by atoms with Gasteiger partial charge in [0, 0.05) is 0 Å². The summed E-state index contributed by atoms with van der Waals surface area (Å²) in [4.78, 5) is 0. The molecule has 8 heavy (non-hydrogen) atoms. The highest BCUT2D eigenvalue weighted by Crippen LogP contribution is 1.75. The molecule has 0 spiro atoms. The summed E-state index contributed by atoms with van der Waals surface area (Å²) in [5.41, 5.74) is -0.0463. The predicted molar refractivity (Wildman–Crippen MR) is 31.7 cm³/mol. The van der Waals surface area contributed by atoms with Crippen molar-refractivity contribution in [3.8, 4) is 12.1 Å². The number of hydrogen-bond donors (Lipinski definition) is 0. The van der Waals surface area contributed by atoms with Crippen LogP contribution in [0.3, 0.4) is 0 Å². The molecule has 0 aromatic heterocycles. The van der Waals surface area contributed by atoms with E-state index in [9.17, 15) is 0 Å². The molecule has 2 nitrogen and oxygen atoms in total. The molecule has 0 heterocycles. The lowest BCUT2D eigenvalue weighted by Crippen LogP contribution is -1.58. The first kappa shape index (κ1) is 9.87. The van der Waals surface area contributed by atoms with Gasteiger partial charge in [0.15, 0.2) is 0 Å². The molecule has 0 atom stereocenters. The fourth-order valence-corrected chi connectivity index (χ4v) is 0.0250. The van der Waals surface area contributed by atoms with E-state index in [0.29, 0.717) is 0 Å². The van der Waals surface area contributed by atoms with Crippen molar-refractivity contribution in [1.29, 1.82) is 10.5 Å². The highest BCUT2D eigenvalue weighted by Gasteiger charge is 1.76. The molecule has 0 amide bonds. The highest BCUT2D eigenvalue weighted by molar-refractivity contribution is 5.31. The molecule has 0 aromatic rings. The Morgan fingerprint density at radius 2 is 1.50 bits per heavy atom. The van der Waals surface area contributed by atoms with Gasteiger partial charge in [0.05, 0.1) is 0 Å². The van der Waals surface area contributed by atoms with Gasteiger partial charge >= 0.3 is 0 Å². The van der Waals surface area contributed by atoms with Gasteiger partial charge in [-0.2, -0.15) is 10.5 Å². The Hall–Kier alpha value is -1.28. The summed E-state index contributed by atoms with van der Waals surface area (Å²) in [5.74, 6) is 0. The summed E-state index contributed by atoms with van der Waals surface area (Å²) in [5, 5.41) is 15.5. The van der Waals surface area contributed by atoms with Crippen molar-refractivity contribution in [1.82, 2.24) is 0 Å². The minimum Gasteiger partial charge on any atom is -0.192 e. The fourth-order valence-electron chi connectivity index (χ4n) is 0.0250. The third-order valence-electron chi connectivity index (χ3n) is 0.270. The molecular formula is C6H8N2. The van der Waals surface area contributed by atoms with Crippen molar-refractivity contribution < 1.29 is 0 Å². The Bertz CT molecular complexity index is 118. The summed E-state index contributed by atoms with van der Waals surface area (Å²) in [6.07, 6.45) is 0. The topological polar surface area (TPSA) is 47.6 Å². The van der Waals surface area contributed by atoms with Gasteiger partial charge in [-0.05, 0) is 0 Å². The standard InChI is InChI=1S/C4H2N2.C2H6/c1-4(2-5)3-6;1-2/h1H2;1-2H3. The van der Waals surface area contributed by atoms with Crippen molar-refractivity contribution in [2.45, 2.75) is 13.8 Å². The smallest absolute Gasteiger partial charge is 0.122 e. The third kappa shape index (κ3) is 8.83. The Balaban J connectivity index is 0. The van der Waals surface area contributed by atoms with Crippen LogP contribution in [0.2, 0.25) is 0 Å². The van der Waals surface area contributed by atoms with Crippen LogP contribution in [0.4, 0.5) is 0 Å². The SMILES string of the molecule is C=C(C#N)C#N.CC. The minimum atomic E-state index is -0.0463. The zero-order valence-corrected chi connectivity index (χ0v) is 5.10. The van der Waals surface area contributed by atoms with Crippen LogP contribution in [0.15, 0.2) is 12.2 Å². The molecule has 42 valence electrons. The molecule has 0 fully saturated rings. The molecule has 0 unspecified atom stereocenters. The molecule has 2 heteroatoms. The van der Waals surface area contributed by atoms with Crippen LogP contribution >= 0.6 is 0 Å². The predicted octanol–water partition coefficient (Wildman–Crippen LogP) is 1.62. The van der Waals surface area contributed by atoms with Gasteiger partial charge in [-0.25, -0.2) is 0 Å². The Morgan fingerprint density at radius 1 is 1.25 bits per heavy atom. The lowest BCUT2D eigenvalue weighted by molar-refractivity contribution is 1.47. The molecule has 0 aliphatic rings. The zero-order chi connectivity index (χ0) is 6.99. The van der Waals surface area contributed by atoms with Crippen LogP contribution < -0.4 is 0 Å². The maximum Gasteiger partial charge on any atom is 0.122 e. The van der Waals surface area contributed by atoms with E-state index < -0.39 is 0 Å². The summed E-state index contributed by atoms with van der Waals surface area (Å²) >= 11 is 0. The maximum absolute atomic E-state index is 7.76. The first-order valence-corrected chi connectivity index (χ1v) is 2.30. The van der Waals surface area contributed by atoms with Crippen LogP contribution in [0.25, 0.3) is 0 Å². The second kappa shape index (κ2) is 9.21. The van der Waals surface area contributed by atoms with Crippen LogP contribution in [0, 0.1) is 22.7 Å². The largest absolute Gasteiger partial charge is 0.192 e. The zero-order valence-electron chi connectivity index (χ0n) is 5.10. The molecule has 0 N–H and O–H groups in total. The van der Waals surface area contributed by atoms with E-state index in [1.54, 1.807) is 12.1 Å². The number of allylic oxidation sites excluding steroid dienone is 1. The van der Waals surface area contributed by atoms with Crippen LogP contribution in [-0.4, -0.2) is 0 Å². The first-order chi connectivity index (χ1) is 3.81. The van der Waals surface area contributed by atoms with E-state index >= 15 is 0 Å². The molecule has 0 aromatic carbocycles. The number of nitriles is 2. The van der Waals surface area contributed by atoms with Gasteiger partial charge in [-0.3, -0.25) is 0 Å². The van der Waals surface area contributed by atoms with Gasteiger partial charge in [0.1, 0.15) is 17.7 Å². The summed E-state index contributed by atoms with van der Waals surface area (Å²) in [6.45, 7) is 7.07. The highest BCUT2D eigenvalue weighted by atomic mass is 14.3. The molecule has 0 rings (SSSR count). The lowest BCUT2D eigenvalue weighted by Gasteiger charge is -1.58. The minimum absolute atomic E-state index is 0.0463. The normalized spacial score (nSPS) is 4.50. The van der Waals surface area contributed by atoms with E-state index in [0.717, 1.165) is 0 Å². The molecule has 0 saturated carbocycles. The van der Waals surface area contributed by atoms with Crippen molar-refractivity contribution in [2.24, 2.45) is 0 Å². The van der Waals surface area contributed by atoms with Gasteiger partial charge in [0.25, 0.3) is 0 Å². The van der Waals surface area contributed by atoms with Crippen molar-refractivity contribution >= 4 is 0 Å². The molecule has 0 saturated heterocycles. The van der Waals surface area contributed by atoms with Crippen molar-refractivity contribution in [3.63, 3.8) is 0 Å². The van der Waals surface area contributed by atoms with Crippen LogP contribution in [0.1, 0.15) is 13.8 Å². The van der Waals surface area contributed by atoms with E-state index in [4.69, 9.17) is 10.5 Å². The second-order valence-electron chi connectivity index (χ2n) is 0.702. The summed E-state index contributed by atoms with van der Waals surface area (Å²) in [6, 6.07) is 3.12. The quantitative estimate of drug-likeness (QED) is 0.442. The van der Waals surface area contributed by atoms with Gasteiger partial charge < -0.3 is 0 Å². The fraction of sp³-hybridized carbons (Fsp3) is 0.333. The van der Waals surface area contributed by atoms with Crippen molar-refractivity contribution in [3.05, 3.63) is 12.2 Å². The Kier molecular flexibility index (Phi) is 11.4. The molecule has 0 aliphatic heterocycles. The first-order valence-electron chi connectivity index (χ1n) is 2.30.